The second-order valence-electron chi connectivity index (χ2n) is 11.7. The number of hydrogen-bond acceptors (Lipinski definition) is 6. The lowest BCUT2D eigenvalue weighted by atomic mass is 10.1. The molecule has 2 amide bonds. The number of aryl methyl sites for hydroxylation is 2. The van der Waals surface area contributed by atoms with Crippen molar-refractivity contribution >= 4 is 35.2 Å². The molecule has 1 N–H and O–H groups in total. The first-order valence-corrected chi connectivity index (χ1v) is 18.0. The Bertz CT molecular complexity index is 1840. The lowest BCUT2D eigenvalue weighted by Gasteiger charge is -2.22. The van der Waals surface area contributed by atoms with Crippen molar-refractivity contribution in [3.63, 3.8) is 0 Å². The zero-order valence-electron chi connectivity index (χ0n) is 29.7. The average Bonchev–Trinajstić information content (AvgIpc) is 3.23. The molecule has 2 aromatic heterocycles. The second kappa shape index (κ2) is 24.2. The molecule has 0 unspecified atom stereocenters. The molecule has 0 aliphatic heterocycles. The van der Waals surface area contributed by atoms with Crippen LogP contribution in [0, 0.1) is 0 Å². The van der Waals surface area contributed by atoms with E-state index in [1.165, 1.54) is 16.7 Å². The minimum absolute atomic E-state index is 0.352. The van der Waals surface area contributed by atoms with Crippen LogP contribution in [-0.2, 0) is 34.7 Å². The van der Waals surface area contributed by atoms with Crippen LogP contribution >= 0.6 is 11.6 Å². The Morgan fingerprint density at radius 1 is 0.566 bits per heavy atom. The van der Waals surface area contributed by atoms with E-state index in [1.807, 2.05) is 109 Å². The Morgan fingerprint density at radius 2 is 1.06 bits per heavy atom. The zero-order valence-corrected chi connectivity index (χ0v) is 30.4. The van der Waals surface area contributed by atoms with Gasteiger partial charge >= 0.3 is 12.2 Å². The van der Waals surface area contributed by atoms with Gasteiger partial charge in [-0.15, -0.1) is 11.6 Å². The van der Waals surface area contributed by atoms with E-state index in [9.17, 15) is 9.59 Å². The lowest BCUT2D eigenvalue weighted by Crippen LogP contribution is -2.31. The molecule has 0 fully saturated rings. The number of halogens is 1. The van der Waals surface area contributed by atoms with E-state index in [2.05, 4.69) is 39.6 Å². The number of carbonyl (C=O) groups is 2. The molecule has 2 heterocycles. The summed E-state index contributed by atoms with van der Waals surface area (Å²) in [6.07, 6.45) is 9.19. The fraction of sp³-hybridized carbons (Fsp3) is 0.182. The van der Waals surface area contributed by atoms with Gasteiger partial charge in [-0.3, -0.25) is 20.2 Å². The van der Waals surface area contributed by atoms with Crippen LogP contribution < -0.4 is 10.2 Å². The topological polar surface area (TPSA) is 93.6 Å². The lowest BCUT2D eigenvalue weighted by molar-refractivity contribution is 0.152. The highest BCUT2D eigenvalue weighted by Gasteiger charge is 2.18. The van der Waals surface area contributed by atoms with Crippen molar-refractivity contribution in [3.8, 4) is 0 Å². The summed E-state index contributed by atoms with van der Waals surface area (Å²) in [5.74, 6) is 0.612. The predicted molar refractivity (Wildman–Crippen MR) is 213 cm³/mol. The molecule has 8 nitrogen and oxygen atoms in total. The van der Waals surface area contributed by atoms with Crippen molar-refractivity contribution < 1.29 is 19.1 Å². The molecule has 4 aromatic carbocycles. The average molecular weight is 729 g/mol. The molecule has 9 heteroatoms. The molecular formula is C44H45ClN4O4. The molecule has 0 saturated carbocycles. The molecule has 272 valence electrons. The maximum atomic E-state index is 12.6. The van der Waals surface area contributed by atoms with Crippen molar-refractivity contribution in [2.24, 2.45) is 0 Å². The number of benzene rings is 4. The van der Waals surface area contributed by atoms with E-state index in [0.717, 1.165) is 36.9 Å². The van der Waals surface area contributed by atoms with E-state index in [4.69, 9.17) is 21.1 Å². The number of alkyl halides is 1. The Hall–Kier alpha value is -5.99. The Labute approximate surface area is 317 Å². The second-order valence-corrected chi connectivity index (χ2v) is 12.0. The summed E-state index contributed by atoms with van der Waals surface area (Å²) in [6.45, 7) is 1.24. The van der Waals surface area contributed by atoms with Gasteiger partial charge in [0.05, 0.1) is 43.5 Å². The zero-order chi connectivity index (χ0) is 37.2. The van der Waals surface area contributed by atoms with Crippen LogP contribution in [0.3, 0.4) is 0 Å². The van der Waals surface area contributed by atoms with Crippen LogP contribution in [-0.4, -0.2) is 35.4 Å². The number of nitrogens with one attached hydrogen (secondary N) is 1. The Kier molecular flexibility index (Phi) is 18.2. The number of carbonyl (C=O) groups excluding carboxylic acids is 2. The van der Waals surface area contributed by atoms with Crippen molar-refractivity contribution in [2.45, 2.75) is 38.1 Å². The first-order valence-electron chi connectivity index (χ1n) is 17.5. The SMILES string of the molecule is ClCc1ccccc1.O=C(Nc1cccnc1)OCCCc1ccccc1.O=C(OCCCc1ccccc1)N(Cc1ccccc1)c1cccnc1. The van der Waals surface area contributed by atoms with Gasteiger partial charge in [-0.25, -0.2) is 9.59 Å². The highest BCUT2D eigenvalue weighted by Crippen LogP contribution is 2.17. The third-order valence-electron chi connectivity index (χ3n) is 7.63. The molecule has 0 atom stereocenters. The number of anilines is 2. The summed E-state index contributed by atoms with van der Waals surface area (Å²) in [5, 5.41) is 2.62. The fourth-order valence-electron chi connectivity index (χ4n) is 4.94. The highest BCUT2D eigenvalue weighted by molar-refractivity contribution is 6.17. The number of aromatic nitrogens is 2. The summed E-state index contributed by atoms with van der Waals surface area (Å²) in [7, 11) is 0. The maximum Gasteiger partial charge on any atom is 0.414 e. The van der Waals surface area contributed by atoms with Gasteiger partial charge in [-0.1, -0.05) is 121 Å². The third-order valence-corrected chi connectivity index (χ3v) is 7.94. The molecule has 0 bridgehead atoms. The molecule has 0 spiro atoms. The van der Waals surface area contributed by atoms with Gasteiger partial charge in [0.25, 0.3) is 0 Å². The van der Waals surface area contributed by atoms with E-state index < -0.39 is 6.09 Å². The van der Waals surface area contributed by atoms with Gasteiger partial charge in [0.15, 0.2) is 0 Å². The minimum atomic E-state index is -0.443. The largest absolute Gasteiger partial charge is 0.449 e. The molecule has 0 radical (unpaired) electrons. The molecule has 6 aromatic rings. The van der Waals surface area contributed by atoms with E-state index in [0.29, 0.717) is 31.3 Å². The van der Waals surface area contributed by atoms with Gasteiger partial charge in [-0.05, 0) is 72.2 Å². The number of hydrogen-bond donors (Lipinski definition) is 1. The van der Waals surface area contributed by atoms with Crippen molar-refractivity contribution in [1.29, 1.82) is 0 Å². The highest BCUT2D eigenvalue weighted by atomic mass is 35.5. The molecule has 53 heavy (non-hydrogen) atoms. The molecule has 6 rings (SSSR count). The summed E-state index contributed by atoms with van der Waals surface area (Å²) < 4.78 is 10.6. The van der Waals surface area contributed by atoms with Crippen molar-refractivity contribution in [1.82, 2.24) is 9.97 Å². The first kappa shape index (κ1) is 39.8. The predicted octanol–water partition coefficient (Wildman–Crippen LogP) is 10.5. The van der Waals surface area contributed by atoms with E-state index in [-0.39, 0.29) is 6.09 Å². The maximum absolute atomic E-state index is 12.6. The number of pyridine rings is 2. The number of nitrogens with zero attached hydrogens (tertiary/aromatic N) is 3. The quantitative estimate of drug-likeness (QED) is 0.0940. The van der Waals surface area contributed by atoms with Crippen LogP contribution in [0.1, 0.15) is 35.1 Å². The summed E-state index contributed by atoms with van der Waals surface area (Å²) in [6, 6.07) is 47.4. The first-order chi connectivity index (χ1) is 26.1. The van der Waals surface area contributed by atoms with Gasteiger partial charge in [-0.2, -0.15) is 0 Å². The van der Waals surface area contributed by atoms with Gasteiger partial charge in [0.1, 0.15) is 0 Å². The van der Waals surface area contributed by atoms with Crippen molar-refractivity contribution in [3.05, 3.63) is 193 Å². The number of amides is 2. The molecule has 0 aliphatic carbocycles. The normalized spacial score (nSPS) is 9.98. The summed E-state index contributed by atoms with van der Waals surface area (Å²) in [5.41, 5.74) is 6.07. The van der Waals surface area contributed by atoms with Crippen LogP contribution in [0.2, 0.25) is 0 Å². The van der Waals surface area contributed by atoms with Crippen LogP contribution in [0.5, 0.6) is 0 Å². The van der Waals surface area contributed by atoms with E-state index in [1.54, 1.807) is 41.8 Å². The minimum Gasteiger partial charge on any atom is -0.449 e. The summed E-state index contributed by atoms with van der Waals surface area (Å²) >= 11 is 5.53. The van der Waals surface area contributed by atoms with Gasteiger partial charge in [0.2, 0.25) is 0 Å². The van der Waals surface area contributed by atoms with Crippen LogP contribution in [0.25, 0.3) is 0 Å². The standard InChI is InChI=1S/C22H22N2O2.C15H16N2O2.C7H7Cl/c25-22(26-16-8-13-19-9-3-1-4-10-19)24(21-14-7-15-23-17-21)18-20-11-5-2-6-12-20;18-15(17-14-9-4-10-16-12-14)19-11-5-8-13-6-2-1-3-7-13;8-6-7-4-2-1-3-5-7/h1-7,9-12,14-15,17H,8,13,16,18H2;1-4,6-7,9-10,12H,5,8,11H2,(H,17,18);1-5H,6H2. The smallest absolute Gasteiger partial charge is 0.414 e. The number of rotatable bonds is 13. The molecular weight excluding hydrogens is 684 g/mol. The van der Waals surface area contributed by atoms with Crippen molar-refractivity contribution in [2.75, 3.05) is 23.4 Å². The molecule has 0 saturated heterocycles. The third kappa shape index (κ3) is 16.3. The van der Waals surface area contributed by atoms with Gasteiger partial charge < -0.3 is 9.47 Å². The fourth-order valence-corrected chi connectivity index (χ4v) is 5.12. The number of ether oxygens (including phenoxy) is 2. The van der Waals surface area contributed by atoms with Crippen LogP contribution in [0.4, 0.5) is 21.0 Å². The monoisotopic (exact) mass is 728 g/mol. The van der Waals surface area contributed by atoms with Crippen LogP contribution in [0.15, 0.2) is 170 Å². The Balaban J connectivity index is 0.000000202. The van der Waals surface area contributed by atoms with Gasteiger partial charge in [0, 0.05) is 18.3 Å². The van der Waals surface area contributed by atoms with E-state index >= 15 is 0 Å². The Morgan fingerprint density at radius 3 is 1.53 bits per heavy atom. The molecule has 0 aliphatic rings. The summed E-state index contributed by atoms with van der Waals surface area (Å²) in [4.78, 5) is 33.7.